The molecule has 0 atom stereocenters. The number of carboxylic acid groups (broad SMARTS) is 1. The van der Waals surface area contributed by atoms with Crippen molar-refractivity contribution in [3.05, 3.63) is 46.3 Å². The second-order valence-electron chi connectivity index (χ2n) is 3.88. The number of carbonyl (C=O) groups excluding carboxylic acids is 1. The van der Waals surface area contributed by atoms with Crippen molar-refractivity contribution in [2.75, 3.05) is 5.32 Å². The van der Waals surface area contributed by atoms with E-state index in [4.69, 9.17) is 5.11 Å². The number of thiophene rings is 1. The van der Waals surface area contributed by atoms with Crippen LogP contribution < -0.4 is 5.32 Å². The predicted octanol–water partition coefficient (Wildman–Crippen LogP) is 2.71. The van der Waals surface area contributed by atoms with Gasteiger partial charge in [0.15, 0.2) is 0 Å². The molecule has 1 aromatic heterocycles. The predicted molar refractivity (Wildman–Crippen MR) is 72.1 cm³/mol. The van der Waals surface area contributed by atoms with Crippen LogP contribution in [-0.2, 0) is 0 Å². The molecule has 5 nitrogen and oxygen atoms in total. The smallest absolute Gasteiger partial charge is 0.338 e. The number of hydrogen-bond acceptors (Lipinski definition) is 4. The van der Waals surface area contributed by atoms with E-state index in [9.17, 15) is 14.7 Å². The van der Waals surface area contributed by atoms with E-state index >= 15 is 0 Å². The molecule has 0 saturated carbocycles. The van der Waals surface area contributed by atoms with Crippen molar-refractivity contribution in [1.29, 1.82) is 0 Å². The molecule has 0 aliphatic carbocycles. The number of hydrogen-bond donors (Lipinski definition) is 3. The number of phenols is 1. The van der Waals surface area contributed by atoms with Crippen molar-refractivity contribution >= 4 is 28.2 Å². The van der Waals surface area contributed by atoms with Crippen LogP contribution in [0.25, 0.3) is 0 Å². The van der Waals surface area contributed by atoms with Gasteiger partial charge in [-0.25, -0.2) is 4.79 Å². The lowest BCUT2D eigenvalue weighted by atomic mass is 10.2. The summed E-state index contributed by atoms with van der Waals surface area (Å²) < 4.78 is 0. The Labute approximate surface area is 113 Å². The molecule has 0 fully saturated rings. The normalized spacial score (nSPS) is 10.2. The highest BCUT2D eigenvalue weighted by Gasteiger charge is 2.18. The van der Waals surface area contributed by atoms with Crippen LogP contribution in [0.15, 0.2) is 30.3 Å². The highest BCUT2D eigenvalue weighted by atomic mass is 32.1. The van der Waals surface area contributed by atoms with Gasteiger partial charge in [-0.05, 0) is 25.1 Å². The zero-order chi connectivity index (χ0) is 14.0. The molecular formula is C13H11NO4S. The summed E-state index contributed by atoms with van der Waals surface area (Å²) in [6.45, 7) is 1.76. The van der Waals surface area contributed by atoms with Gasteiger partial charge >= 0.3 is 5.97 Å². The first-order valence-corrected chi connectivity index (χ1v) is 6.23. The molecule has 0 unspecified atom stereocenters. The number of nitrogens with one attached hydrogen (secondary N) is 1. The van der Waals surface area contributed by atoms with Crippen LogP contribution in [0, 0.1) is 6.92 Å². The van der Waals surface area contributed by atoms with Gasteiger partial charge in [0.1, 0.15) is 10.8 Å². The number of aromatic carboxylic acids is 1. The third-order valence-electron chi connectivity index (χ3n) is 2.46. The van der Waals surface area contributed by atoms with Crippen molar-refractivity contribution in [2.45, 2.75) is 6.92 Å². The van der Waals surface area contributed by atoms with Gasteiger partial charge in [0.05, 0.1) is 11.1 Å². The molecule has 2 aromatic rings. The minimum atomic E-state index is -1.10. The summed E-state index contributed by atoms with van der Waals surface area (Å²) in [4.78, 5) is 23.8. The van der Waals surface area contributed by atoms with E-state index < -0.39 is 11.9 Å². The van der Waals surface area contributed by atoms with E-state index in [1.807, 2.05) is 0 Å². The largest absolute Gasteiger partial charge is 0.507 e. The summed E-state index contributed by atoms with van der Waals surface area (Å²) in [6.07, 6.45) is 0. The molecular weight excluding hydrogens is 266 g/mol. The van der Waals surface area contributed by atoms with Crippen LogP contribution >= 0.6 is 11.3 Å². The second kappa shape index (κ2) is 5.11. The maximum Gasteiger partial charge on any atom is 0.338 e. The number of rotatable bonds is 3. The number of carbonyl (C=O) groups is 2. The molecule has 0 saturated heterocycles. The minimum Gasteiger partial charge on any atom is -0.507 e. The van der Waals surface area contributed by atoms with E-state index in [-0.39, 0.29) is 21.9 Å². The number of aromatic hydroxyl groups is 1. The average molecular weight is 277 g/mol. The van der Waals surface area contributed by atoms with Gasteiger partial charge in [0, 0.05) is 4.88 Å². The lowest BCUT2D eigenvalue weighted by molar-refractivity contribution is 0.0698. The van der Waals surface area contributed by atoms with Crippen molar-refractivity contribution < 1.29 is 19.8 Å². The quantitative estimate of drug-likeness (QED) is 0.805. The molecule has 0 radical (unpaired) electrons. The number of phenolic OH excluding ortho intramolecular Hbond substituents is 1. The zero-order valence-electron chi connectivity index (χ0n) is 10.0. The third kappa shape index (κ3) is 2.74. The Hall–Kier alpha value is -2.34. The summed E-state index contributed by atoms with van der Waals surface area (Å²) >= 11 is 1.18. The topological polar surface area (TPSA) is 86.6 Å². The highest BCUT2D eigenvalue weighted by molar-refractivity contribution is 7.16. The maximum atomic E-state index is 12.0. The summed E-state index contributed by atoms with van der Waals surface area (Å²) in [6, 6.07) is 7.57. The monoisotopic (exact) mass is 277 g/mol. The fourth-order valence-electron chi connectivity index (χ4n) is 1.60. The Bertz CT molecular complexity index is 648. The molecule has 19 heavy (non-hydrogen) atoms. The average Bonchev–Trinajstić information content (AvgIpc) is 2.70. The van der Waals surface area contributed by atoms with Gasteiger partial charge in [-0.2, -0.15) is 0 Å². The molecule has 98 valence electrons. The number of para-hydroxylation sites is 1. The van der Waals surface area contributed by atoms with Crippen LogP contribution in [0.1, 0.15) is 25.6 Å². The fourth-order valence-corrected chi connectivity index (χ4v) is 2.50. The standard InChI is InChI=1S/C13H11NO4S/c1-7-6-9(13(17)18)12(19-7)14-11(16)8-4-2-3-5-10(8)15/h2-6,15H,1H3,(H,14,16)(H,17,18). The summed E-state index contributed by atoms with van der Waals surface area (Å²) in [5.41, 5.74) is 0.149. The number of amides is 1. The highest BCUT2D eigenvalue weighted by Crippen LogP contribution is 2.28. The van der Waals surface area contributed by atoms with Crippen LogP contribution in [-0.4, -0.2) is 22.1 Å². The number of anilines is 1. The van der Waals surface area contributed by atoms with Crippen molar-refractivity contribution in [2.24, 2.45) is 0 Å². The lowest BCUT2D eigenvalue weighted by Crippen LogP contribution is -2.13. The van der Waals surface area contributed by atoms with Gasteiger partial charge in [0.2, 0.25) is 0 Å². The van der Waals surface area contributed by atoms with E-state index in [1.165, 1.54) is 29.5 Å². The van der Waals surface area contributed by atoms with E-state index in [0.717, 1.165) is 4.88 Å². The molecule has 0 aliphatic rings. The Balaban J connectivity index is 2.29. The molecule has 0 bridgehead atoms. The SMILES string of the molecule is Cc1cc(C(=O)O)c(NC(=O)c2ccccc2O)s1. The van der Waals surface area contributed by atoms with Crippen LogP contribution in [0.3, 0.4) is 0 Å². The van der Waals surface area contributed by atoms with Gasteiger partial charge < -0.3 is 15.5 Å². The first kappa shape index (κ1) is 13.1. The molecule has 0 spiro atoms. The molecule has 6 heteroatoms. The molecule has 2 rings (SSSR count). The molecule has 3 N–H and O–H groups in total. The van der Waals surface area contributed by atoms with Gasteiger partial charge in [-0.3, -0.25) is 4.79 Å². The maximum absolute atomic E-state index is 12.0. The number of carboxylic acids is 1. The first-order valence-electron chi connectivity index (χ1n) is 5.42. The van der Waals surface area contributed by atoms with Crippen LogP contribution in [0.4, 0.5) is 5.00 Å². The summed E-state index contributed by atoms with van der Waals surface area (Å²) in [5, 5.41) is 21.4. The molecule has 1 heterocycles. The first-order chi connectivity index (χ1) is 8.99. The van der Waals surface area contributed by atoms with Gasteiger partial charge in [-0.15, -0.1) is 11.3 Å². The number of aryl methyl sites for hydroxylation is 1. The lowest BCUT2D eigenvalue weighted by Gasteiger charge is -2.05. The van der Waals surface area contributed by atoms with E-state index in [2.05, 4.69) is 5.32 Å². The summed E-state index contributed by atoms with van der Waals surface area (Å²) in [5.74, 6) is -1.79. The molecule has 0 aliphatic heterocycles. The number of benzene rings is 1. The Morgan fingerprint density at radius 3 is 2.53 bits per heavy atom. The Morgan fingerprint density at radius 1 is 1.21 bits per heavy atom. The van der Waals surface area contributed by atoms with E-state index in [1.54, 1.807) is 19.1 Å². The third-order valence-corrected chi connectivity index (χ3v) is 3.43. The summed E-state index contributed by atoms with van der Waals surface area (Å²) in [7, 11) is 0. The molecule has 1 amide bonds. The van der Waals surface area contributed by atoms with Crippen molar-refractivity contribution in [1.82, 2.24) is 0 Å². The van der Waals surface area contributed by atoms with Gasteiger partial charge in [-0.1, -0.05) is 12.1 Å². The minimum absolute atomic E-state index is 0.0475. The van der Waals surface area contributed by atoms with E-state index in [0.29, 0.717) is 0 Å². The van der Waals surface area contributed by atoms with Crippen LogP contribution in [0.5, 0.6) is 5.75 Å². The molecule has 1 aromatic carbocycles. The second-order valence-corrected chi connectivity index (χ2v) is 5.13. The Morgan fingerprint density at radius 2 is 1.89 bits per heavy atom. The zero-order valence-corrected chi connectivity index (χ0v) is 10.8. The Kier molecular flexibility index (Phi) is 3.52. The fraction of sp³-hybridized carbons (Fsp3) is 0.0769. The van der Waals surface area contributed by atoms with Crippen molar-refractivity contribution in [3.63, 3.8) is 0 Å². The van der Waals surface area contributed by atoms with Crippen LogP contribution in [0.2, 0.25) is 0 Å². The van der Waals surface area contributed by atoms with Crippen molar-refractivity contribution in [3.8, 4) is 5.75 Å². The van der Waals surface area contributed by atoms with Gasteiger partial charge in [0.25, 0.3) is 5.91 Å².